The Labute approximate surface area is 174 Å². The molecule has 0 spiro atoms. The monoisotopic (exact) mass is 419 g/mol. The van der Waals surface area contributed by atoms with Crippen LogP contribution in [0.15, 0.2) is 69.9 Å². The maximum Gasteiger partial charge on any atom is 0.291 e. The molecule has 0 aliphatic carbocycles. The van der Waals surface area contributed by atoms with Gasteiger partial charge < -0.3 is 4.42 Å². The summed E-state index contributed by atoms with van der Waals surface area (Å²) in [6.07, 6.45) is 1.72. The van der Waals surface area contributed by atoms with Gasteiger partial charge in [0, 0.05) is 22.2 Å². The first-order valence-corrected chi connectivity index (χ1v) is 10.1. The molecular weight excluding hydrogens is 406 g/mol. The van der Waals surface area contributed by atoms with Crippen molar-refractivity contribution in [3.8, 4) is 22.7 Å². The van der Waals surface area contributed by atoms with Crippen LogP contribution in [0.25, 0.3) is 33.7 Å². The number of furan rings is 1. The second-order valence-electron chi connectivity index (χ2n) is 6.62. The molecule has 29 heavy (non-hydrogen) atoms. The third-order valence-corrected chi connectivity index (χ3v) is 5.73. The fraction of sp³-hybridized carbons (Fsp3) is 0.0455. The first-order chi connectivity index (χ1) is 14.1. The number of rotatable bonds is 3. The van der Waals surface area contributed by atoms with Gasteiger partial charge in [0.1, 0.15) is 16.1 Å². The van der Waals surface area contributed by atoms with Crippen molar-refractivity contribution in [2.45, 2.75) is 6.92 Å². The van der Waals surface area contributed by atoms with Crippen LogP contribution in [0.5, 0.6) is 0 Å². The summed E-state index contributed by atoms with van der Waals surface area (Å²) in [5.74, 6) is 1.85. The highest BCUT2D eigenvalue weighted by Gasteiger charge is 2.12. The molecule has 142 valence electrons. The molecule has 0 saturated heterocycles. The van der Waals surface area contributed by atoms with Gasteiger partial charge in [-0.2, -0.15) is 9.50 Å². The van der Waals surface area contributed by atoms with Crippen molar-refractivity contribution in [3.63, 3.8) is 0 Å². The highest BCUT2D eigenvalue weighted by Crippen LogP contribution is 2.24. The molecule has 0 amide bonds. The van der Waals surface area contributed by atoms with E-state index in [0.717, 1.165) is 16.7 Å². The van der Waals surface area contributed by atoms with Gasteiger partial charge in [0.15, 0.2) is 5.82 Å². The zero-order valence-electron chi connectivity index (χ0n) is 15.3. The van der Waals surface area contributed by atoms with Gasteiger partial charge in [0.25, 0.3) is 5.56 Å². The number of thiazole rings is 1. The Kier molecular flexibility index (Phi) is 4.30. The Morgan fingerprint density at radius 3 is 2.45 bits per heavy atom. The van der Waals surface area contributed by atoms with Gasteiger partial charge >= 0.3 is 0 Å². The molecule has 0 bridgehead atoms. The fourth-order valence-corrected chi connectivity index (χ4v) is 4.00. The molecule has 2 aromatic carbocycles. The summed E-state index contributed by atoms with van der Waals surface area (Å²) in [5.41, 5.74) is 2.75. The van der Waals surface area contributed by atoms with Crippen LogP contribution in [0.1, 0.15) is 11.3 Å². The Hall–Kier alpha value is -3.22. The minimum absolute atomic E-state index is 0.208. The highest BCUT2D eigenvalue weighted by molar-refractivity contribution is 7.15. The SMILES string of the molecule is Cc1ccc(-c2nc3sc(=Cc4ccc(-c5ccc(Cl)cc5)o4)c(=O)n3n2)cc1. The van der Waals surface area contributed by atoms with E-state index in [0.29, 0.717) is 31.9 Å². The van der Waals surface area contributed by atoms with E-state index >= 15 is 0 Å². The van der Waals surface area contributed by atoms with Gasteiger partial charge in [-0.05, 0) is 43.3 Å². The topological polar surface area (TPSA) is 60.4 Å². The normalized spacial score (nSPS) is 12.1. The molecule has 0 radical (unpaired) electrons. The van der Waals surface area contributed by atoms with Crippen molar-refractivity contribution in [3.05, 3.63) is 91.9 Å². The zero-order chi connectivity index (χ0) is 20.0. The molecule has 3 heterocycles. The van der Waals surface area contributed by atoms with E-state index in [1.165, 1.54) is 15.9 Å². The summed E-state index contributed by atoms with van der Waals surface area (Å²) in [5, 5.41) is 5.04. The number of benzene rings is 2. The molecule has 7 heteroatoms. The highest BCUT2D eigenvalue weighted by atomic mass is 35.5. The van der Waals surface area contributed by atoms with Crippen LogP contribution in [0.2, 0.25) is 5.02 Å². The number of aryl methyl sites for hydroxylation is 1. The molecule has 0 N–H and O–H groups in total. The lowest BCUT2D eigenvalue weighted by atomic mass is 10.1. The Morgan fingerprint density at radius 1 is 1.00 bits per heavy atom. The predicted octanol–water partition coefficient (Wildman–Crippen LogP) is 4.59. The van der Waals surface area contributed by atoms with Crippen LogP contribution in [0.3, 0.4) is 0 Å². The van der Waals surface area contributed by atoms with E-state index in [1.54, 1.807) is 6.08 Å². The molecule has 3 aromatic heterocycles. The number of hydrogen-bond donors (Lipinski definition) is 0. The van der Waals surface area contributed by atoms with Gasteiger partial charge in [0.2, 0.25) is 4.96 Å². The first-order valence-electron chi connectivity index (χ1n) is 8.91. The van der Waals surface area contributed by atoms with E-state index in [4.69, 9.17) is 16.0 Å². The molecule has 0 aliphatic heterocycles. The van der Waals surface area contributed by atoms with Crippen LogP contribution >= 0.6 is 22.9 Å². The molecule has 0 fully saturated rings. The lowest BCUT2D eigenvalue weighted by Gasteiger charge is -1.96. The summed E-state index contributed by atoms with van der Waals surface area (Å²) in [7, 11) is 0. The quantitative estimate of drug-likeness (QED) is 0.429. The van der Waals surface area contributed by atoms with Crippen LogP contribution in [-0.4, -0.2) is 14.6 Å². The largest absolute Gasteiger partial charge is 0.457 e. The number of nitrogens with zero attached hydrogens (tertiary/aromatic N) is 3. The Bertz CT molecular complexity index is 1430. The van der Waals surface area contributed by atoms with E-state index in [9.17, 15) is 4.79 Å². The summed E-state index contributed by atoms with van der Waals surface area (Å²) in [6.45, 7) is 2.02. The summed E-state index contributed by atoms with van der Waals surface area (Å²) < 4.78 is 7.73. The number of hydrogen-bond acceptors (Lipinski definition) is 5. The second-order valence-corrected chi connectivity index (χ2v) is 8.07. The standard InChI is InChI=1S/C22H14ClN3O2S/c1-13-2-4-15(5-3-13)20-24-22-26(25-20)21(27)19(29-22)12-17-10-11-18(28-17)14-6-8-16(23)9-7-14/h2-12H,1H3. The lowest BCUT2D eigenvalue weighted by Crippen LogP contribution is -2.23. The molecule has 5 nitrogen and oxygen atoms in total. The minimum atomic E-state index is -0.208. The van der Waals surface area contributed by atoms with E-state index in [1.807, 2.05) is 67.6 Å². The van der Waals surface area contributed by atoms with Gasteiger partial charge in [-0.25, -0.2) is 0 Å². The maximum absolute atomic E-state index is 12.7. The van der Waals surface area contributed by atoms with Crippen molar-refractivity contribution < 1.29 is 4.42 Å². The summed E-state index contributed by atoms with van der Waals surface area (Å²) in [6, 6.07) is 19.0. The van der Waals surface area contributed by atoms with Crippen LogP contribution in [-0.2, 0) is 0 Å². The molecule has 0 saturated carbocycles. The molecule has 5 aromatic rings. The summed E-state index contributed by atoms with van der Waals surface area (Å²) >= 11 is 7.22. The van der Waals surface area contributed by atoms with Crippen molar-refractivity contribution in [2.24, 2.45) is 0 Å². The number of halogens is 1. The van der Waals surface area contributed by atoms with Gasteiger partial charge in [-0.3, -0.25) is 4.79 Å². The third kappa shape index (κ3) is 3.37. The van der Waals surface area contributed by atoms with Crippen LogP contribution in [0, 0.1) is 6.92 Å². The molecule has 0 aliphatic rings. The van der Waals surface area contributed by atoms with Crippen LogP contribution < -0.4 is 10.1 Å². The average Bonchev–Trinajstić information content (AvgIpc) is 3.41. The minimum Gasteiger partial charge on any atom is -0.457 e. The van der Waals surface area contributed by atoms with Crippen molar-refractivity contribution >= 4 is 34.0 Å². The lowest BCUT2D eigenvalue weighted by molar-refractivity contribution is 0.571. The molecular formula is C22H14ClN3O2S. The van der Waals surface area contributed by atoms with E-state index in [-0.39, 0.29) is 5.56 Å². The predicted molar refractivity (Wildman–Crippen MR) is 115 cm³/mol. The van der Waals surface area contributed by atoms with E-state index < -0.39 is 0 Å². The Morgan fingerprint density at radius 2 is 1.72 bits per heavy atom. The smallest absolute Gasteiger partial charge is 0.291 e. The molecule has 0 atom stereocenters. The average molecular weight is 420 g/mol. The maximum atomic E-state index is 12.7. The zero-order valence-corrected chi connectivity index (χ0v) is 16.9. The second kappa shape index (κ2) is 6.99. The first kappa shape index (κ1) is 17.8. The number of fused-ring (bicyclic) bond motifs is 1. The van der Waals surface area contributed by atoms with Gasteiger partial charge in [-0.1, -0.05) is 52.8 Å². The van der Waals surface area contributed by atoms with Crippen molar-refractivity contribution in [2.75, 3.05) is 0 Å². The fourth-order valence-electron chi connectivity index (χ4n) is 2.99. The number of aromatic nitrogens is 3. The molecule has 5 rings (SSSR count). The third-order valence-electron chi connectivity index (χ3n) is 4.52. The van der Waals surface area contributed by atoms with Crippen molar-refractivity contribution in [1.29, 1.82) is 0 Å². The van der Waals surface area contributed by atoms with Crippen LogP contribution in [0.4, 0.5) is 0 Å². The Balaban J connectivity index is 1.51. The van der Waals surface area contributed by atoms with Crippen molar-refractivity contribution in [1.82, 2.24) is 14.6 Å². The van der Waals surface area contributed by atoms with Gasteiger partial charge in [-0.15, -0.1) is 5.10 Å². The van der Waals surface area contributed by atoms with Gasteiger partial charge in [0.05, 0.1) is 0 Å². The van der Waals surface area contributed by atoms with E-state index in [2.05, 4.69) is 10.1 Å². The molecule has 0 unspecified atom stereocenters. The summed E-state index contributed by atoms with van der Waals surface area (Å²) in [4.78, 5) is 17.8.